The minimum atomic E-state index is 0.417. The largest absolute Gasteiger partial charge is 0.382 e. The molecule has 4 nitrogen and oxygen atoms in total. The molecule has 1 aromatic heterocycles. The van der Waals surface area contributed by atoms with E-state index in [1.165, 1.54) is 0 Å². The van der Waals surface area contributed by atoms with E-state index in [2.05, 4.69) is 10.2 Å². The van der Waals surface area contributed by atoms with Crippen LogP contribution in [0.1, 0.15) is 5.56 Å². The van der Waals surface area contributed by atoms with Crippen LogP contribution in [0.2, 0.25) is 0 Å². The first kappa shape index (κ1) is 5.97. The molecular weight excluding hydrogens is 116 g/mol. The average molecular weight is 124 g/mol. The highest BCUT2D eigenvalue weighted by Gasteiger charge is 1.93. The second kappa shape index (κ2) is 2.41. The molecule has 0 atom stereocenters. The van der Waals surface area contributed by atoms with E-state index in [-0.39, 0.29) is 0 Å². The summed E-state index contributed by atoms with van der Waals surface area (Å²) in [5.74, 6) is 0.417. The first-order chi connectivity index (χ1) is 4.34. The van der Waals surface area contributed by atoms with E-state index in [1.807, 2.05) is 0 Å². The fraction of sp³-hybridized carbons (Fsp3) is 0.200. The zero-order valence-corrected chi connectivity index (χ0v) is 4.91. The van der Waals surface area contributed by atoms with Gasteiger partial charge < -0.3 is 11.5 Å². The monoisotopic (exact) mass is 124 g/mol. The predicted octanol–water partition coefficient (Wildman–Crippen LogP) is -0.483. The van der Waals surface area contributed by atoms with Gasteiger partial charge in [0.15, 0.2) is 5.82 Å². The van der Waals surface area contributed by atoms with Crippen LogP contribution in [0.4, 0.5) is 5.82 Å². The lowest BCUT2D eigenvalue weighted by Gasteiger charge is -1.96. The molecule has 0 amide bonds. The van der Waals surface area contributed by atoms with E-state index in [1.54, 1.807) is 12.3 Å². The van der Waals surface area contributed by atoms with Gasteiger partial charge in [0.2, 0.25) is 0 Å². The molecule has 0 bridgehead atoms. The molecule has 1 rings (SSSR count). The molecule has 0 aliphatic heterocycles. The Kier molecular flexibility index (Phi) is 1.60. The van der Waals surface area contributed by atoms with E-state index in [9.17, 15) is 0 Å². The molecule has 0 saturated carbocycles. The fourth-order valence-electron chi connectivity index (χ4n) is 0.541. The van der Waals surface area contributed by atoms with Crippen molar-refractivity contribution in [2.75, 3.05) is 5.73 Å². The van der Waals surface area contributed by atoms with Gasteiger partial charge in [-0.15, -0.1) is 5.10 Å². The molecule has 0 aliphatic carbocycles. The molecule has 1 aromatic rings. The van der Waals surface area contributed by atoms with Crippen LogP contribution in [0.5, 0.6) is 0 Å². The molecular formula is C5H8N4. The molecule has 0 aliphatic rings. The van der Waals surface area contributed by atoms with Crippen molar-refractivity contribution < 1.29 is 0 Å². The Morgan fingerprint density at radius 1 is 1.56 bits per heavy atom. The van der Waals surface area contributed by atoms with Crippen molar-refractivity contribution in [2.24, 2.45) is 5.73 Å². The minimum absolute atomic E-state index is 0.417. The van der Waals surface area contributed by atoms with Gasteiger partial charge in [-0.25, -0.2) is 0 Å². The van der Waals surface area contributed by atoms with Crippen molar-refractivity contribution in [2.45, 2.75) is 6.54 Å². The van der Waals surface area contributed by atoms with E-state index >= 15 is 0 Å². The van der Waals surface area contributed by atoms with Gasteiger partial charge in [0, 0.05) is 12.1 Å². The van der Waals surface area contributed by atoms with E-state index in [0.29, 0.717) is 12.4 Å². The summed E-state index contributed by atoms with van der Waals surface area (Å²) in [7, 11) is 0. The molecule has 48 valence electrons. The van der Waals surface area contributed by atoms with Gasteiger partial charge in [-0.1, -0.05) is 0 Å². The van der Waals surface area contributed by atoms with E-state index in [4.69, 9.17) is 11.5 Å². The zero-order valence-electron chi connectivity index (χ0n) is 4.91. The summed E-state index contributed by atoms with van der Waals surface area (Å²) in [5.41, 5.74) is 11.5. The predicted molar refractivity (Wildman–Crippen MR) is 34.3 cm³/mol. The summed E-state index contributed by atoms with van der Waals surface area (Å²) >= 11 is 0. The third kappa shape index (κ3) is 1.14. The SMILES string of the molecule is NCc1ccnnc1N. The molecule has 0 unspecified atom stereocenters. The molecule has 0 saturated heterocycles. The van der Waals surface area contributed by atoms with Crippen LogP contribution in [0.25, 0.3) is 0 Å². The Balaban J connectivity index is 3.01. The molecule has 0 aromatic carbocycles. The van der Waals surface area contributed by atoms with Crippen LogP contribution < -0.4 is 11.5 Å². The third-order valence-corrected chi connectivity index (χ3v) is 1.06. The summed E-state index contributed by atoms with van der Waals surface area (Å²) in [6, 6.07) is 1.75. The van der Waals surface area contributed by atoms with Crippen LogP contribution in [0, 0.1) is 0 Å². The number of nitrogens with two attached hydrogens (primary N) is 2. The number of nitrogen functional groups attached to an aromatic ring is 1. The van der Waals surface area contributed by atoms with Crippen molar-refractivity contribution in [1.82, 2.24) is 10.2 Å². The standard InChI is InChI=1S/C5H8N4/c6-3-4-1-2-8-9-5(4)7/h1-2H,3,6H2,(H2,7,9). The Hall–Kier alpha value is -1.16. The third-order valence-electron chi connectivity index (χ3n) is 1.06. The Labute approximate surface area is 52.9 Å². The summed E-state index contributed by atoms with van der Waals surface area (Å²) in [6.07, 6.45) is 1.57. The Morgan fingerprint density at radius 3 is 2.78 bits per heavy atom. The number of anilines is 1. The fourth-order valence-corrected chi connectivity index (χ4v) is 0.541. The van der Waals surface area contributed by atoms with Crippen molar-refractivity contribution in [3.8, 4) is 0 Å². The highest BCUT2D eigenvalue weighted by Crippen LogP contribution is 2.01. The summed E-state index contributed by atoms with van der Waals surface area (Å²) < 4.78 is 0. The van der Waals surface area contributed by atoms with Crippen LogP contribution >= 0.6 is 0 Å². The van der Waals surface area contributed by atoms with Crippen molar-refractivity contribution in [3.05, 3.63) is 17.8 Å². The van der Waals surface area contributed by atoms with Crippen molar-refractivity contribution in [1.29, 1.82) is 0 Å². The quantitative estimate of drug-likeness (QED) is 0.530. The molecule has 0 fully saturated rings. The highest BCUT2D eigenvalue weighted by molar-refractivity contribution is 5.36. The second-order valence-electron chi connectivity index (χ2n) is 1.65. The van der Waals surface area contributed by atoms with Gasteiger partial charge in [0.25, 0.3) is 0 Å². The number of rotatable bonds is 1. The molecule has 0 spiro atoms. The normalized spacial score (nSPS) is 9.44. The lowest BCUT2D eigenvalue weighted by atomic mass is 10.3. The summed E-state index contributed by atoms with van der Waals surface area (Å²) in [6.45, 7) is 0.418. The zero-order chi connectivity index (χ0) is 6.69. The number of hydrogen-bond acceptors (Lipinski definition) is 4. The smallest absolute Gasteiger partial charge is 0.150 e. The van der Waals surface area contributed by atoms with Gasteiger partial charge in [-0.2, -0.15) is 5.10 Å². The molecule has 0 radical (unpaired) electrons. The van der Waals surface area contributed by atoms with Gasteiger partial charge in [-0.05, 0) is 6.07 Å². The lowest BCUT2D eigenvalue weighted by molar-refractivity contribution is 0.978. The highest BCUT2D eigenvalue weighted by atomic mass is 15.1. The molecule has 4 heteroatoms. The first-order valence-corrected chi connectivity index (χ1v) is 2.60. The van der Waals surface area contributed by atoms with E-state index < -0.39 is 0 Å². The van der Waals surface area contributed by atoms with E-state index in [0.717, 1.165) is 5.56 Å². The van der Waals surface area contributed by atoms with Crippen LogP contribution in [0.15, 0.2) is 12.3 Å². The maximum atomic E-state index is 5.38. The van der Waals surface area contributed by atoms with Crippen LogP contribution in [-0.4, -0.2) is 10.2 Å². The molecule has 9 heavy (non-hydrogen) atoms. The lowest BCUT2D eigenvalue weighted by Crippen LogP contribution is -2.03. The first-order valence-electron chi connectivity index (χ1n) is 2.60. The molecule has 4 N–H and O–H groups in total. The van der Waals surface area contributed by atoms with Gasteiger partial charge >= 0.3 is 0 Å². The maximum Gasteiger partial charge on any atom is 0.150 e. The Morgan fingerprint density at radius 2 is 2.33 bits per heavy atom. The maximum absolute atomic E-state index is 5.38. The minimum Gasteiger partial charge on any atom is -0.382 e. The Bertz CT molecular complexity index is 198. The molecule has 1 heterocycles. The van der Waals surface area contributed by atoms with Gasteiger partial charge in [0.05, 0.1) is 6.20 Å². The average Bonchev–Trinajstić information content (AvgIpc) is 1.89. The summed E-state index contributed by atoms with van der Waals surface area (Å²) in [5, 5.41) is 7.16. The van der Waals surface area contributed by atoms with Crippen LogP contribution in [-0.2, 0) is 6.54 Å². The summed E-state index contributed by atoms with van der Waals surface area (Å²) in [4.78, 5) is 0. The second-order valence-corrected chi connectivity index (χ2v) is 1.65. The van der Waals surface area contributed by atoms with Crippen molar-refractivity contribution >= 4 is 5.82 Å². The van der Waals surface area contributed by atoms with Gasteiger partial charge in [-0.3, -0.25) is 0 Å². The van der Waals surface area contributed by atoms with Gasteiger partial charge in [0.1, 0.15) is 0 Å². The number of nitrogens with zero attached hydrogens (tertiary/aromatic N) is 2. The van der Waals surface area contributed by atoms with Crippen molar-refractivity contribution in [3.63, 3.8) is 0 Å². The number of aromatic nitrogens is 2. The van der Waals surface area contributed by atoms with Crippen LogP contribution in [0.3, 0.4) is 0 Å². The topological polar surface area (TPSA) is 77.8 Å². The number of hydrogen-bond donors (Lipinski definition) is 2.